The molecule has 0 saturated heterocycles. The van der Waals surface area contributed by atoms with E-state index in [1.54, 1.807) is 12.1 Å². The molecule has 4 nitrogen and oxygen atoms in total. The lowest BCUT2D eigenvalue weighted by atomic mass is 9.89. The summed E-state index contributed by atoms with van der Waals surface area (Å²) in [6.07, 6.45) is 5.70. The van der Waals surface area contributed by atoms with Crippen molar-refractivity contribution in [2.24, 2.45) is 5.92 Å². The van der Waals surface area contributed by atoms with Crippen LogP contribution in [0.25, 0.3) is 11.0 Å². The SMILES string of the molecule is CCc1cc(=O)oc2cc(OC(=O)C3CCCCC3)c(Cl)cc12. The molecule has 23 heavy (non-hydrogen) atoms. The van der Waals surface area contributed by atoms with E-state index < -0.39 is 5.63 Å². The predicted octanol–water partition coefficient (Wildman–Crippen LogP) is 4.49. The number of esters is 1. The van der Waals surface area contributed by atoms with Crippen LogP contribution in [0, 0.1) is 5.92 Å². The highest BCUT2D eigenvalue weighted by Crippen LogP contribution is 2.33. The first-order valence-electron chi connectivity index (χ1n) is 8.06. The number of hydrogen-bond acceptors (Lipinski definition) is 4. The number of aryl methyl sites for hydroxylation is 1. The van der Waals surface area contributed by atoms with Crippen LogP contribution in [0.2, 0.25) is 5.02 Å². The first-order valence-corrected chi connectivity index (χ1v) is 8.44. The van der Waals surface area contributed by atoms with E-state index >= 15 is 0 Å². The van der Waals surface area contributed by atoms with E-state index in [0.717, 1.165) is 36.6 Å². The van der Waals surface area contributed by atoms with Gasteiger partial charge in [0.15, 0.2) is 5.75 Å². The second-order valence-electron chi connectivity index (χ2n) is 5.98. The summed E-state index contributed by atoms with van der Waals surface area (Å²) in [5.41, 5.74) is 0.842. The summed E-state index contributed by atoms with van der Waals surface area (Å²) in [6.45, 7) is 1.96. The Morgan fingerprint density at radius 3 is 2.70 bits per heavy atom. The van der Waals surface area contributed by atoms with Crippen LogP contribution in [0.15, 0.2) is 27.4 Å². The standard InChI is InChI=1S/C18H19ClO4/c1-2-11-8-17(20)22-15-10-16(14(19)9-13(11)15)23-18(21)12-6-4-3-5-7-12/h8-10,12H,2-7H2,1H3. The summed E-state index contributed by atoms with van der Waals surface area (Å²) in [7, 11) is 0. The highest BCUT2D eigenvalue weighted by Gasteiger charge is 2.24. The maximum Gasteiger partial charge on any atom is 0.336 e. The Bertz CT molecular complexity index is 787. The molecule has 0 atom stereocenters. The van der Waals surface area contributed by atoms with Crippen molar-refractivity contribution in [2.75, 3.05) is 0 Å². The molecule has 0 bridgehead atoms. The second kappa shape index (κ2) is 6.75. The lowest BCUT2D eigenvalue weighted by Crippen LogP contribution is -2.22. The first kappa shape index (κ1) is 16.1. The molecule has 1 fully saturated rings. The molecule has 2 aromatic rings. The van der Waals surface area contributed by atoms with Gasteiger partial charge in [0.2, 0.25) is 0 Å². The number of halogens is 1. The van der Waals surface area contributed by atoms with Crippen molar-refractivity contribution in [3.05, 3.63) is 39.2 Å². The molecule has 5 heteroatoms. The maximum absolute atomic E-state index is 12.3. The number of ether oxygens (including phenoxy) is 1. The normalized spacial score (nSPS) is 15.7. The third-order valence-electron chi connectivity index (χ3n) is 4.41. The molecule has 0 radical (unpaired) electrons. The minimum absolute atomic E-state index is 0.0653. The number of hydrogen-bond donors (Lipinski definition) is 0. The van der Waals surface area contributed by atoms with E-state index in [2.05, 4.69) is 0 Å². The number of carbonyl (C=O) groups is 1. The van der Waals surface area contributed by atoms with Crippen molar-refractivity contribution in [3.8, 4) is 5.75 Å². The van der Waals surface area contributed by atoms with E-state index in [0.29, 0.717) is 17.0 Å². The number of rotatable bonds is 3. The zero-order chi connectivity index (χ0) is 16.4. The topological polar surface area (TPSA) is 56.5 Å². The van der Waals surface area contributed by atoms with Gasteiger partial charge in [0.1, 0.15) is 5.58 Å². The van der Waals surface area contributed by atoms with Crippen LogP contribution < -0.4 is 10.4 Å². The smallest absolute Gasteiger partial charge is 0.336 e. The zero-order valence-corrected chi connectivity index (χ0v) is 13.8. The monoisotopic (exact) mass is 334 g/mol. The third-order valence-corrected chi connectivity index (χ3v) is 4.71. The zero-order valence-electron chi connectivity index (χ0n) is 13.1. The molecule has 1 heterocycles. The molecule has 1 aromatic carbocycles. The molecule has 3 rings (SSSR count). The van der Waals surface area contributed by atoms with Gasteiger partial charge in [-0.15, -0.1) is 0 Å². The van der Waals surface area contributed by atoms with Gasteiger partial charge >= 0.3 is 11.6 Å². The van der Waals surface area contributed by atoms with Gasteiger partial charge in [-0.05, 0) is 30.9 Å². The van der Waals surface area contributed by atoms with Gasteiger partial charge in [-0.3, -0.25) is 4.79 Å². The van der Waals surface area contributed by atoms with Gasteiger partial charge in [0.05, 0.1) is 10.9 Å². The highest BCUT2D eigenvalue weighted by molar-refractivity contribution is 6.33. The van der Waals surface area contributed by atoms with Gasteiger partial charge in [-0.25, -0.2) is 4.79 Å². The largest absolute Gasteiger partial charge is 0.425 e. The maximum atomic E-state index is 12.3. The minimum Gasteiger partial charge on any atom is -0.425 e. The van der Waals surface area contributed by atoms with Gasteiger partial charge in [0, 0.05) is 17.5 Å². The summed E-state index contributed by atoms with van der Waals surface area (Å²) in [5.74, 6) is -0.0596. The fraction of sp³-hybridized carbons (Fsp3) is 0.444. The summed E-state index contributed by atoms with van der Waals surface area (Å²) < 4.78 is 10.7. The van der Waals surface area contributed by atoms with Crippen molar-refractivity contribution < 1.29 is 13.9 Å². The Balaban J connectivity index is 1.93. The Kier molecular flexibility index (Phi) is 4.71. The lowest BCUT2D eigenvalue weighted by Gasteiger charge is -2.20. The summed E-state index contributed by atoms with van der Waals surface area (Å²) in [5, 5.41) is 1.12. The van der Waals surface area contributed by atoms with Crippen molar-refractivity contribution in [3.63, 3.8) is 0 Å². The fourth-order valence-corrected chi connectivity index (χ4v) is 3.33. The fourth-order valence-electron chi connectivity index (χ4n) is 3.13. The van der Waals surface area contributed by atoms with Crippen molar-refractivity contribution >= 4 is 28.5 Å². The molecule has 1 aliphatic rings. The van der Waals surface area contributed by atoms with Crippen molar-refractivity contribution in [1.29, 1.82) is 0 Å². The van der Waals surface area contributed by atoms with E-state index in [4.69, 9.17) is 20.8 Å². The summed E-state index contributed by atoms with van der Waals surface area (Å²) in [4.78, 5) is 23.9. The molecule has 1 aliphatic carbocycles. The summed E-state index contributed by atoms with van der Waals surface area (Å²) >= 11 is 6.26. The predicted molar refractivity (Wildman–Crippen MR) is 89.1 cm³/mol. The summed E-state index contributed by atoms with van der Waals surface area (Å²) in [6, 6.07) is 4.70. The molecule has 1 saturated carbocycles. The van der Waals surface area contributed by atoms with Crippen LogP contribution in [0.4, 0.5) is 0 Å². The van der Waals surface area contributed by atoms with Crippen LogP contribution in [-0.2, 0) is 11.2 Å². The molecular formula is C18H19ClO4. The lowest BCUT2D eigenvalue weighted by molar-refractivity contribution is -0.139. The Hall–Kier alpha value is -1.81. The second-order valence-corrected chi connectivity index (χ2v) is 6.39. The van der Waals surface area contributed by atoms with Gasteiger partial charge in [-0.2, -0.15) is 0 Å². The molecular weight excluding hydrogens is 316 g/mol. The highest BCUT2D eigenvalue weighted by atomic mass is 35.5. The minimum atomic E-state index is -0.416. The van der Waals surface area contributed by atoms with E-state index in [1.807, 2.05) is 6.92 Å². The van der Waals surface area contributed by atoms with Crippen LogP contribution in [0.5, 0.6) is 5.75 Å². The molecule has 0 spiro atoms. The quantitative estimate of drug-likeness (QED) is 0.471. The van der Waals surface area contributed by atoms with E-state index in [-0.39, 0.29) is 17.6 Å². The number of benzene rings is 1. The Labute approximate surface area is 139 Å². The number of carbonyl (C=O) groups excluding carboxylic acids is 1. The molecule has 1 aromatic heterocycles. The van der Waals surface area contributed by atoms with Gasteiger partial charge < -0.3 is 9.15 Å². The Morgan fingerprint density at radius 1 is 1.26 bits per heavy atom. The van der Waals surface area contributed by atoms with E-state index in [9.17, 15) is 9.59 Å². The number of fused-ring (bicyclic) bond motifs is 1. The molecule has 122 valence electrons. The first-order chi connectivity index (χ1) is 11.1. The average Bonchev–Trinajstić information content (AvgIpc) is 2.56. The Morgan fingerprint density at radius 2 is 2.00 bits per heavy atom. The van der Waals surface area contributed by atoms with Crippen LogP contribution in [0.1, 0.15) is 44.6 Å². The third kappa shape index (κ3) is 3.42. The molecule has 0 amide bonds. The average molecular weight is 335 g/mol. The van der Waals surface area contributed by atoms with Crippen LogP contribution in [0.3, 0.4) is 0 Å². The van der Waals surface area contributed by atoms with Crippen LogP contribution >= 0.6 is 11.6 Å². The van der Waals surface area contributed by atoms with Gasteiger partial charge in [-0.1, -0.05) is 37.8 Å². The van der Waals surface area contributed by atoms with Crippen molar-refractivity contribution in [1.82, 2.24) is 0 Å². The van der Waals surface area contributed by atoms with Crippen LogP contribution in [-0.4, -0.2) is 5.97 Å². The molecule has 0 aliphatic heterocycles. The van der Waals surface area contributed by atoms with Crippen molar-refractivity contribution in [2.45, 2.75) is 45.4 Å². The van der Waals surface area contributed by atoms with E-state index in [1.165, 1.54) is 12.5 Å². The molecule has 0 unspecified atom stereocenters. The molecule has 0 N–H and O–H groups in total. The van der Waals surface area contributed by atoms with Gasteiger partial charge in [0.25, 0.3) is 0 Å².